The zero-order chi connectivity index (χ0) is 29.5. The van der Waals surface area contributed by atoms with Crippen LogP contribution in [0.3, 0.4) is 0 Å². The number of amides is 3. The summed E-state index contributed by atoms with van der Waals surface area (Å²) in [5.41, 5.74) is 0.730. The van der Waals surface area contributed by atoms with E-state index in [2.05, 4.69) is 11.9 Å². The maximum atomic E-state index is 13.0. The molecule has 3 amide bonds. The van der Waals surface area contributed by atoms with Crippen molar-refractivity contribution in [1.82, 2.24) is 15.1 Å². The molecule has 2 saturated heterocycles. The number of likely N-dealkylation sites (tertiary alicyclic amines) is 2. The first-order valence-corrected chi connectivity index (χ1v) is 13.5. The molecule has 0 radical (unpaired) electrons. The van der Waals surface area contributed by atoms with Crippen molar-refractivity contribution in [3.63, 3.8) is 0 Å². The Hall–Kier alpha value is -4.09. The third-order valence-corrected chi connectivity index (χ3v) is 7.24. The Labute approximate surface area is 242 Å². The van der Waals surface area contributed by atoms with E-state index in [0.29, 0.717) is 28.3 Å². The number of hydrogen-bond donors (Lipinski definition) is 2. The maximum absolute atomic E-state index is 13.0. The number of ether oxygens (including phenoxy) is 3. The largest absolute Gasteiger partial charge is 0.491 e. The third-order valence-electron chi connectivity index (χ3n) is 7.01. The lowest BCUT2D eigenvalue weighted by Crippen LogP contribution is -2.45. The van der Waals surface area contributed by atoms with Gasteiger partial charge in [-0.05, 0) is 55.3 Å². The van der Waals surface area contributed by atoms with Crippen LogP contribution >= 0.6 is 11.6 Å². The summed E-state index contributed by atoms with van der Waals surface area (Å²) in [6.07, 6.45) is 0.642. The highest BCUT2D eigenvalue weighted by atomic mass is 35.5. The number of rotatable bonds is 9. The van der Waals surface area contributed by atoms with Crippen LogP contribution in [0.1, 0.15) is 33.6 Å². The lowest BCUT2D eigenvalue weighted by atomic mass is 10.1. The number of halogens is 1. The Kier molecular flexibility index (Phi) is 9.85. The summed E-state index contributed by atoms with van der Waals surface area (Å²) < 4.78 is 15.9. The molecule has 0 saturated carbocycles. The van der Waals surface area contributed by atoms with E-state index >= 15 is 0 Å². The van der Waals surface area contributed by atoms with E-state index in [1.165, 1.54) is 23.0 Å². The smallest absolute Gasteiger partial charge is 0.410 e. The van der Waals surface area contributed by atoms with Crippen molar-refractivity contribution in [3.8, 4) is 5.75 Å². The average molecular weight is 586 g/mol. The molecular weight excluding hydrogens is 554 g/mol. The monoisotopic (exact) mass is 585 g/mol. The first-order chi connectivity index (χ1) is 19.7. The fourth-order valence-electron chi connectivity index (χ4n) is 4.98. The number of aliphatic hydroxyl groups is 1. The zero-order valence-corrected chi connectivity index (χ0v) is 23.3. The number of esters is 1. The number of nitrogens with zero attached hydrogens (tertiary/aromatic N) is 2. The predicted octanol–water partition coefficient (Wildman–Crippen LogP) is 2.66. The molecule has 12 heteroatoms. The minimum atomic E-state index is -1.05. The SMILES string of the molecule is C=CCOC(=O)N1C[C@H](NC(=O)c2cccc(Cl)c2)C[C@H]1COc1ccc(C(=O)N2CC[C@H](O)[C@H]2C(=O)OC)cc1. The summed E-state index contributed by atoms with van der Waals surface area (Å²) in [6.45, 7) is 4.18. The number of hydrogen-bond acceptors (Lipinski definition) is 8. The number of carbonyl (C=O) groups is 4. The normalized spacial score (nSPS) is 21.7. The van der Waals surface area contributed by atoms with Gasteiger partial charge in [0.25, 0.3) is 11.8 Å². The van der Waals surface area contributed by atoms with Crippen molar-refractivity contribution < 1.29 is 38.5 Å². The van der Waals surface area contributed by atoms with Crippen LogP contribution < -0.4 is 10.1 Å². The van der Waals surface area contributed by atoms with Crippen molar-refractivity contribution in [2.45, 2.75) is 37.1 Å². The van der Waals surface area contributed by atoms with Gasteiger partial charge < -0.3 is 29.5 Å². The molecule has 2 aliphatic rings. The summed E-state index contributed by atoms with van der Waals surface area (Å²) in [4.78, 5) is 53.3. The van der Waals surface area contributed by atoms with Crippen LogP contribution in [0.15, 0.2) is 61.2 Å². The van der Waals surface area contributed by atoms with E-state index < -0.39 is 36.2 Å². The topological polar surface area (TPSA) is 135 Å². The third kappa shape index (κ3) is 7.17. The highest BCUT2D eigenvalue weighted by molar-refractivity contribution is 6.30. The van der Waals surface area contributed by atoms with E-state index in [1.807, 2.05) is 0 Å². The first-order valence-electron chi connectivity index (χ1n) is 13.1. The standard InChI is InChI=1S/C29H32ClN3O8/c1-3-13-40-29(38)33-16-21(31-26(35)19-5-4-6-20(30)14-19)15-22(33)17-41-23-9-7-18(8-10-23)27(36)32-12-11-24(34)25(32)28(37)39-2/h3-10,14,21-22,24-25,34H,1,11-13,15-17H2,2H3,(H,31,35)/t21-,22+,24+,25+/m1/s1. The maximum Gasteiger partial charge on any atom is 0.410 e. The van der Waals surface area contributed by atoms with Gasteiger partial charge in [-0.3, -0.25) is 14.5 Å². The minimum Gasteiger partial charge on any atom is -0.491 e. The van der Waals surface area contributed by atoms with Gasteiger partial charge in [-0.2, -0.15) is 0 Å². The van der Waals surface area contributed by atoms with Crippen molar-refractivity contribution in [2.75, 3.05) is 33.4 Å². The summed E-state index contributed by atoms with van der Waals surface area (Å²) in [6, 6.07) is 11.1. The van der Waals surface area contributed by atoms with Crippen LogP contribution in [-0.4, -0.2) is 96.4 Å². The average Bonchev–Trinajstić information content (AvgIpc) is 3.57. The molecule has 11 nitrogen and oxygen atoms in total. The Morgan fingerprint density at radius 2 is 1.88 bits per heavy atom. The number of nitrogens with one attached hydrogen (secondary N) is 1. The van der Waals surface area contributed by atoms with Gasteiger partial charge in [-0.25, -0.2) is 9.59 Å². The highest BCUT2D eigenvalue weighted by Gasteiger charge is 2.42. The molecule has 0 bridgehead atoms. The molecule has 0 spiro atoms. The second kappa shape index (κ2) is 13.5. The van der Waals surface area contributed by atoms with E-state index in [-0.39, 0.29) is 44.7 Å². The fourth-order valence-corrected chi connectivity index (χ4v) is 5.17. The summed E-state index contributed by atoms with van der Waals surface area (Å²) >= 11 is 6.01. The number of aliphatic hydroxyl groups excluding tert-OH is 1. The van der Waals surface area contributed by atoms with Gasteiger partial charge >= 0.3 is 12.1 Å². The molecule has 4 atom stereocenters. The van der Waals surface area contributed by atoms with E-state index in [4.69, 9.17) is 25.8 Å². The predicted molar refractivity (Wildman–Crippen MR) is 149 cm³/mol. The van der Waals surface area contributed by atoms with Crippen LogP contribution in [0.5, 0.6) is 5.75 Å². The molecule has 4 rings (SSSR count). The fraction of sp³-hybridized carbons (Fsp3) is 0.379. The van der Waals surface area contributed by atoms with Crippen LogP contribution in [0, 0.1) is 0 Å². The quantitative estimate of drug-likeness (QED) is 0.339. The van der Waals surface area contributed by atoms with Crippen LogP contribution in [-0.2, 0) is 14.3 Å². The molecule has 0 aliphatic carbocycles. The van der Waals surface area contributed by atoms with Gasteiger partial charge in [0.05, 0.1) is 19.3 Å². The van der Waals surface area contributed by atoms with E-state index in [9.17, 15) is 24.3 Å². The lowest BCUT2D eigenvalue weighted by Gasteiger charge is -2.24. The molecular formula is C29H32ClN3O8. The molecule has 2 fully saturated rings. The Morgan fingerprint density at radius 1 is 1.12 bits per heavy atom. The van der Waals surface area contributed by atoms with Gasteiger partial charge in [0, 0.05) is 35.3 Å². The van der Waals surface area contributed by atoms with E-state index in [0.717, 1.165) is 0 Å². The second-order valence-corrected chi connectivity index (χ2v) is 10.2. The molecule has 2 N–H and O–H groups in total. The highest BCUT2D eigenvalue weighted by Crippen LogP contribution is 2.25. The Bertz CT molecular complexity index is 1290. The number of benzene rings is 2. The number of methoxy groups -OCH3 is 1. The molecule has 2 aliphatic heterocycles. The summed E-state index contributed by atoms with van der Waals surface area (Å²) in [5, 5.41) is 13.5. The van der Waals surface area contributed by atoms with Gasteiger partial charge in [0.2, 0.25) is 0 Å². The lowest BCUT2D eigenvalue weighted by molar-refractivity contribution is -0.147. The molecule has 2 aromatic rings. The summed E-state index contributed by atoms with van der Waals surface area (Å²) in [7, 11) is 1.21. The first kappa shape index (κ1) is 29.9. The Morgan fingerprint density at radius 3 is 2.56 bits per heavy atom. The van der Waals surface area contributed by atoms with Crippen LogP contribution in [0.4, 0.5) is 4.79 Å². The minimum absolute atomic E-state index is 0.0445. The van der Waals surface area contributed by atoms with Crippen molar-refractivity contribution in [1.29, 1.82) is 0 Å². The van der Waals surface area contributed by atoms with Gasteiger partial charge in [-0.15, -0.1) is 0 Å². The van der Waals surface area contributed by atoms with Gasteiger partial charge in [0.15, 0.2) is 6.04 Å². The molecule has 2 heterocycles. The van der Waals surface area contributed by atoms with Crippen molar-refractivity contribution >= 4 is 35.5 Å². The number of carbonyl (C=O) groups excluding carboxylic acids is 4. The molecule has 41 heavy (non-hydrogen) atoms. The van der Waals surface area contributed by atoms with Crippen molar-refractivity contribution in [2.24, 2.45) is 0 Å². The molecule has 0 unspecified atom stereocenters. The van der Waals surface area contributed by atoms with Gasteiger partial charge in [0.1, 0.15) is 19.0 Å². The van der Waals surface area contributed by atoms with Crippen LogP contribution in [0.2, 0.25) is 5.02 Å². The van der Waals surface area contributed by atoms with Gasteiger partial charge in [-0.1, -0.05) is 30.3 Å². The van der Waals surface area contributed by atoms with Crippen LogP contribution in [0.25, 0.3) is 0 Å². The molecule has 2 aromatic carbocycles. The molecule has 0 aromatic heterocycles. The zero-order valence-electron chi connectivity index (χ0n) is 22.5. The second-order valence-electron chi connectivity index (χ2n) is 9.75. The molecule has 218 valence electrons. The van der Waals surface area contributed by atoms with E-state index in [1.54, 1.807) is 48.5 Å². The van der Waals surface area contributed by atoms with Crippen molar-refractivity contribution in [3.05, 3.63) is 77.3 Å². The Balaban J connectivity index is 1.39. The summed E-state index contributed by atoms with van der Waals surface area (Å²) in [5.74, 6) is -0.927.